The number of hydrogen-bond donors (Lipinski definition) is 0. The molecule has 0 saturated carbocycles. The lowest BCUT2D eigenvalue weighted by Gasteiger charge is -2.28. The highest BCUT2D eigenvalue weighted by Gasteiger charge is 2.31. The first kappa shape index (κ1) is 22.3. The minimum Gasteiger partial charge on any atom is -0.443 e. The molecule has 2 amide bonds. The fourth-order valence-corrected chi connectivity index (χ4v) is 2.35. The highest BCUT2D eigenvalue weighted by molar-refractivity contribution is 5.88. The molecule has 2 aromatic heterocycles. The summed E-state index contributed by atoms with van der Waals surface area (Å²) in [5, 5.41) is 4.38. The van der Waals surface area contributed by atoms with Gasteiger partial charge in [-0.25, -0.2) is 19.5 Å². The largest absolute Gasteiger partial charge is 0.443 e. The number of amides is 2. The molecule has 29 heavy (non-hydrogen) atoms. The fraction of sp³-hybridized carbons (Fsp3) is 0.550. The maximum Gasteiger partial charge on any atom is 0.419 e. The predicted octanol–water partition coefficient (Wildman–Crippen LogP) is 3.59. The smallest absolute Gasteiger partial charge is 0.419 e. The summed E-state index contributed by atoms with van der Waals surface area (Å²) in [6.07, 6.45) is 2.12. The quantitative estimate of drug-likeness (QED) is 0.769. The molecule has 0 radical (unpaired) electrons. The third-order valence-corrected chi connectivity index (χ3v) is 3.56. The van der Waals surface area contributed by atoms with E-state index in [1.807, 2.05) is 6.07 Å². The summed E-state index contributed by atoms with van der Waals surface area (Å²) in [5.41, 5.74) is -0.698. The van der Waals surface area contributed by atoms with Crippen LogP contribution in [-0.4, -0.2) is 54.6 Å². The SMILES string of the molecule is Cn1nc(-c2cccnc2)nc1CCN(C(=O)OC(C)(C)C)C(=O)OC(C)(C)C. The third kappa shape index (κ3) is 6.85. The summed E-state index contributed by atoms with van der Waals surface area (Å²) >= 11 is 0. The molecule has 158 valence electrons. The standard InChI is InChI=1S/C20H29N5O4/c1-19(2,3)28-17(26)25(18(27)29-20(4,5)6)12-10-15-22-16(23-24(15)7)14-9-8-11-21-13-14/h8-9,11,13H,10,12H2,1-7H3. The van der Waals surface area contributed by atoms with Gasteiger partial charge in [0.15, 0.2) is 5.82 Å². The highest BCUT2D eigenvalue weighted by atomic mass is 16.6. The maximum atomic E-state index is 12.6. The van der Waals surface area contributed by atoms with Crippen molar-refractivity contribution in [3.63, 3.8) is 0 Å². The summed E-state index contributed by atoms with van der Waals surface area (Å²) in [6, 6.07) is 3.66. The van der Waals surface area contributed by atoms with Crippen molar-refractivity contribution in [1.29, 1.82) is 0 Å². The molecule has 9 heteroatoms. The summed E-state index contributed by atoms with van der Waals surface area (Å²) < 4.78 is 12.3. The normalized spacial score (nSPS) is 11.8. The molecule has 0 aliphatic carbocycles. The van der Waals surface area contributed by atoms with Crippen molar-refractivity contribution >= 4 is 12.2 Å². The highest BCUT2D eigenvalue weighted by Crippen LogP contribution is 2.17. The number of imide groups is 1. The summed E-state index contributed by atoms with van der Waals surface area (Å²) in [6.45, 7) is 10.5. The van der Waals surface area contributed by atoms with Crippen molar-refractivity contribution in [3.8, 4) is 11.4 Å². The van der Waals surface area contributed by atoms with Crippen molar-refractivity contribution in [2.45, 2.75) is 59.2 Å². The Morgan fingerprint density at radius 2 is 1.66 bits per heavy atom. The molecule has 0 spiro atoms. The Morgan fingerprint density at radius 3 is 2.14 bits per heavy atom. The Morgan fingerprint density at radius 1 is 1.07 bits per heavy atom. The van der Waals surface area contributed by atoms with Gasteiger partial charge in [-0.2, -0.15) is 5.10 Å². The van der Waals surface area contributed by atoms with E-state index in [9.17, 15) is 9.59 Å². The number of carbonyl (C=O) groups is 2. The van der Waals surface area contributed by atoms with Crippen LogP contribution in [0, 0.1) is 0 Å². The lowest BCUT2D eigenvalue weighted by atomic mass is 10.2. The first-order chi connectivity index (χ1) is 13.4. The maximum absolute atomic E-state index is 12.6. The number of carbonyl (C=O) groups excluding carboxylic acids is 2. The van der Waals surface area contributed by atoms with Crippen LogP contribution in [0.2, 0.25) is 0 Å². The van der Waals surface area contributed by atoms with E-state index in [4.69, 9.17) is 9.47 Å². The summed E-state index contributed by atoms with van der Waals surface area (Å²) in [5.74, 6) is 1.14. The molecule has 0 fully saturated rings. The Balaban J connectivity index is 2.18. The van der Waals surface area contributed by atoms with Gasteiger partial charge in [0.05, 0.1) is 0 Å². The molecular weight excluding hydrogens is 374 g/mol. The number of rotatable bonds is 4. The van der Waals surface area contributed by atoms with Crippen LogP contribution in [-0.2, 0) is 22.9 Å². The molecule has 0 aliphatic rings. The number of nitrogens with zero attached hydrogens (tertiary/aromatic N) is 5. The molecule has 9 nitrogen and oxygen atoms in total. The Bertz CT molecular complexity index is 822. The van der Waals surface area contributed by atoms with E-state index in [0.29, 0.717) is 18.1 Å². The van der Waals surface area contributed by atoms with Gasteiger partial charge in [0.1, 0.15) is 17.0 Å². The first-order valence-corrected chi connectivity index (χ1v) is 9.39. The molecule has 0 unspecified atom stereocenters. The predicted molar refractivity (Wildman–Crippen MR) is 107 cm³/mol. The Kier molecular flexibility index (Phi) is 6.61. The van der Waals surface area contributed by atoms with E-state index >= 15 is 0 Å². The second-order valence-corrected chi connectivity index (χ2v) is 8.58. The molecule has 0 saturated heterocycles. The van der Waals surface area contributed by atoms with Crippen LogP contribution in [0.1, 0.15) is 47.4 Å². The van der Waals surface area contributed by atoms with Gasteiger partial charge in [0.25, 0.3) is 0 Å². The van der Waals surface area contributed by atoms with Gasteiger partial charge in [0, 0.05) is 38.0 Å². The minimum absolute atomic E-state index is 0.0445. The Hall–Kier alpha value is -2.97. The van der Waals surface area contributed by atoms with Crippen molar-refractivity contribution in [2.75, 3.05) is 6.54 Å². The minimum atomic E-state index is -0.763. The van der Waals surface area contributed by atoms with Gasteiger partial charge in [-0.15, -0.1) is 0 Å². The molecule has 2 heterocycles. The zero-order valence-corrected chi connectivity index (χ0v) is 18.1. The molecule has 0 N–H and O–H groups in total. The van der Waals surface area contributed by atoms with Crippen molar-refractivity contribution in [3.05, 3.63) is 30.4 Å². The van der Waals surface area contributed by atoms with Crippen LogP contribution in [0.15, 0.2) is 24.5 Å². The van der Waals surface area contributed by atoms with Crippen LogP contribution in [0.5, 0.6) is 0 Å². The topological polar surface area (TPSA) is 99.4 Å². The van der Waals surface area contributed by atoms with Crippen LogP contribution >= 0.6 is 0 Å². The van der Waals surface area contributed by atoms with Gasteiger partial charge >= 0.3 is 12.2 Å². The lowest BCUT2D eigenvalue weighted by molar-refractivity contribution is 0.00160. The van der Waals surface area contributed by atoms with Crippen LogP contribution in [0.3, 0.4) is 0 Å². The number of hydrogen-bond acceptors (Lipinski definition) is 7. The van der Waals surface area contributed by atoms with E-state index in [1.54, 1.807) is 71.7 Å². The Labute approximate surface area is 171 Å². The molecule has 2 aromatic rings. The number of ether oxygens (including phenoxy) is 2. The number of pyridine rings is 1. The number of aryl methyl sites for hydroxylation is 1. The summed E-state index contributed by atoms with van der Waals surface area (Å²) in [7, 11) is 1.76. The zero-order chi connectivity index (χ0) is 21.8. The monoisotopic (exact) mass is 403 g/mol. The second kappa shape index (κ2) is 8.59. The average molecular weight is 403 g/mol. The summed E-state index contributed by atoms with van der Waals surface area (Å²) in [4.78, 5) is 34.7. The van der Waals surface area contributed by atoms with Gasteiger partial charge in [-0.05, 0) is 53.7 Å². The van der Waals surface area contributed by atoms with Crippen LogP contribution < -0.4 is 0 Å². The third-order valence-electron chi connectivity index (χ3n) is 3.56. The molecule has 0 aliphatic heterocycles. The van der Waals surface area contributed by atoms with Gasteiger partial charge < -0.3 is 9.47 Å². The van der Waals surface area contributed by atoms with Crippen LogP contribution in [0.25, 0.3) is 11.4 Å². The van der Waals surface area contributed by atoms with Crippen molar-refractivity contribution < 1.29 is 19.1 Å². The molecule has 0 aromatic carbocycles. The molecular formula is C20H29N5O4. The molecule has 0 bridgehead atoms. The van der Waals surface area contributed by atoms with E-state index in [-0.39, 0.29) is 6.54 Å². The van der Waals surface area contributed by atoms with Crippen molar-refractivity contribution in [1.82, 2.24) is 24.6 Å². The molecule has 2 rings (SSSR count). The number of aromatic nitrogens is 4. The van der Waals surface area contributed by atoms with Crippen molar-refractivity contribution in [2.24, 2.45) is 7.05 Å². The van der Waals surface area contributed by atoms with Gasteiger partial charge in [0.2, 0.25) is 0 Å². The fourth-order valence-electron chi connectivity index (χ4n) is 2.35. The first-order valence-electron chi connectivity index (χ1n) is 9.39. The second-order valence-electron chi connectivity index (χ2n) is 8.58. The van der Waals surface area contributed by atoms with Gasteiger partial charge in [-0.1, -0.05) is 0 Å². The average Bonchev–Trinajstić information content (AvgIpc) is 2.93. The van der Waals surface area contributed by atoms with E-state index < -0.39 is 23.4 Å². The van der Waals surface area contributed by atoms with E-state index in [2.05, 4.69) is 15.1 Å². The van der Waals surface area contributed by atoms with E-state index in [1.165, 1.54) is 0 Å². The van der Waals surface area contributed by atoms with Crippen LogP contribution in [0.4, 0.5) is 9.59 Å². The van der Waals surface area contributed by atoms with E-state index in [0.717, 1.165) is 10.5 Å². The lowest BCUT2D eigenvalue weighted by Crippen LogP contribution is -2.44. The van der Waals surface area contributed by atoms with Gasteiger partial charge in [-0.3, -0.25) is 9.67 Å². The zero-order valence-electron chi connectivity index (χ0n) is 18.1. The molecule has 0 atom stereocenters.